The molecule has 3 N–H and O–H groups in total. The van der Waals surface area contributed by atoms with Crippen LogP contribution in [0.25, 0.3) is 0 Å². The molecule has 0 fully saturated rings. The predicted octanol–water partition coefficient (Wildman–Crippen LogP) is -0.872. The number of hydrogen-bond donors (Lipinski definition) is 3. The van der Waals surface area contributed by atoms with Crippen molar-refractivity contribution in [2.24, 2.45) is 0 Å². The molecule has 0 spiro atoms. The van der Waals surface area contributed by atoms with Crippen LogP contribution in [0.5, 0.6) is 5.75 Å². The highest BCUT2D eigenvalue weighted by atomic mass is 16.5. The molecule has 0 saturated carbocycles. The lowest BCUT2D eigenvalue weighted by Crippen LogP contribution is -2.29. The van der Waals surface area contributed by atoms with E-state index in [-0.39, 0.29) is 6.61 Å². The van der Waals surface area contributed by atoms with Crippen LogP contribution in [0.3, 0.4) is 0 Å². The zero-order valence-corrected chi connectivity index (χ0v) is 7.76. The van der Waals surface area contributed by atoms with Gasteiger partial charge in [-0.3, -0.25) is 0 Å². The van der Waals surface area contributed by atoms with Gasteiger partial charge >= 0.3 is 7.12 Å². The Hall–Kier alpha value is -1.04. The van der Waals surface area contributed by atoms with E-state index in [0.29, 0.717) is 24.2 Å². The number of aliphatic hydroxyl groups is 1. The van der Waals surface area contributed by atoms with Crippen LogP contribution in [0.2, 0.25) is 0 Å². The number of rotatable bonds is 5. The lowest BCUT2D eigenvalue weighted by Gasteiger charge is -2.05. The topological polar surface area (TPSA) is 69.9 Å². The fourth-order valence-electron chi connectivity index (χ4n) is 0.991. The highest BCUT2D eigenvalue weighted by Gasteiger charge is 2.09. The molecule has 76 valence electrons. The Morgan fingerprint density at radius 1 is 1.14 bits per heavy atom. The number of aliphatic hydroxyl groups excluding tert-OH is 1. The Balaban J connectivity index is 2.47. The summed E-state index contributed by atoms with van der Waals surface area (Å²) in [6, 6.07) is 6.48. The van der Waals surface area contributed by atoms with Crippen LogP contribution in [0, 0.1) is 0 Å². The molecule has 0 bridgehead atoms. The summed E-state index contributed by atoms with van der Waals surface area (Å²) >= 11 is 0. The van der Waals surface area contributed by atoms with Gasteiger partial charge in [0.2, 0.25) is 0 Å². The molecule has 0 aliphatic heterocycles. The molecule has 1 aromatic carbocycles. The van der Waals surface area contributed by atoms with E-state index in [1.54, 1.807) is 24.3 Å². The first-order valence-electron chi connectivity index (χ1n) is 4.44. The van der Waals surface area contributed by atoms with Crippen LogP contribution in [0.1, 0.15) is 6.42 Å². The van der Waals surface area contributed by atoms with Crippen LogP contribution in [0.15, 0.2) is 24.3 Å². The minimum Gasteiger partial charge on any atom is -0.494 e. The van der Waals surface area contributed by atoms with Gasteiger partial charge in [-0.05, 0) is 17.6 Å². The van der Waals surface area contributed by atoms with Crippen molar-refractivity contribution in [3.63, 3.8) is 0 Å². The maximum Gasteiger partial charge on any atom is 0.488 e. The fourth-order valence-corrected chi connectivity index (χ4v) is 0.991. The molecule has 4 nitrogen and oxygen atoms in total. The molecular formula is C9H13BO4. The van der Waals surface area contributed by atoms with Crippen molar-refractivity contribution in [1.82, 2.24) is 0 Å². The summed E-state index contributed by atoms with van der Waals surface area (Å²) in [4.78, 5) is 0. The van der Waals surface area contributed by atoms with Gasteiger partial charge < -0.3 is 19.9 Å². The van der Waals surface area contributed by atoms with Crippen LogP contribution >= 0.6 is 0 Å². The molecule has 1 rings (SSSR count). The summed E-state index contributed by atoms with van der Waals surface area (Å²) in [6.07, 6.45) is 0.588. The Morgan fingerprint density at radius 3 is 2.29 bits per heavy atom. The second-order valence-electron chi connectivity index (χ2n) is 2.87. The van der Waals surface area contributed by atoms with E-state index >= 15 is 0 Å². The van der Waals surface area contributed by atoms with Gasteiger partial charge in [-0.25, -0.2) is 0 Å². The zero-order chi connectivity index (χ0) is 10.4. The Kier molecular flexibility index (Phi) is 4.45. The number of hydrogen-bond acceptors (Lipinski definition) is 4. The average Bonchev–Trinajstić information content (AvgIpc) is 2.19. The third-order valence-electron chi connectivity index (χ3n) is 1.75. The summed E-state index contributed by atoms with van der Waals surface area (Å²) in [5, 5.41) is 26.1. The predicted molar refractivity (Wildman–Crippen MR) is 53.5 cm³/mol. The van der Waals surface area contributed by atoms with Gasteiger partial charge in [0.25, 0.3) is 0 Å². The largest absolute Gasteiger partial charge is 0.494 e. The van der Waals surface area contributed by atoms with Crippen LogP contribution in [-0.4, -0.2) is 35.5 Å². The summed E-state index contributed by atoms with van der Waals surface area (Å²) in [6.45, 7) is 0.560. The average molecular weight is 196 g/mol. The summed E-state index contributed by atoms with van der Waals surface area (Å²) in [5.41, 5.74) is 0.430. The first kappa shape index (κ1) is 11.0. The highest BCUT2D eigenvalue weighted by Crippen LogP contribution is 2.07. The molecule has 0 radical (unpaired) electrons. The summed E-state index contributed by atoms with van der Waals surface area (Å²) in [5.74, 6) is 0.655. The van der Waals surface area contributed by atoms with Crippen molar-refractivity contribution in [1.29, 1.82) is 0 Å². The molecule has 1 aromatic rings. The smallest absolute Gasteiger partial charge is 0.488 e. The maximum absolute atomic E-state index is 8.81. The molecule has 0 unspecified atom stereocenters. The molecule has 0 saturated heterocycles. The molecule has 0 aliphatic rings. The molecule has 0 atom stereocenters. The third-order valence-corrected chi connectivity index (χ3v) is 1.75. The van der Waals surface area contributed by atoms with Crippen LogP contribution < -0.4 is 10.2 Å². The molecule has 5 heteroatoms. The lowest BCUT2D eigenvalue weighted by atomic mass is 9.80. The van der Waals surface area contributed by atoms with Crippen molar-refractivity contribution in [2.45, 2.75) is 6.42 Å². The van der Waals surface area contributed by atoms with E-state index in [4.69, 9.17) is 19.9 Å². The Labute approximate surface area is 82.9 Å². The van der Waals surface area contributed by atoms with E-state index in [1.165, 1.54) is 0 Å². The molecule has 0 aliphatic carbocycles. The normalized spacial score (nSPS) is 9.93. The van der Waals surface area contributed by atoms with E-state index in [0.717, 1.165) is 0 Å². The Morgan fingerprint density at radius 2 is 1.79 bits per heavy atom. The van der Waals surface area contributed by atoms with Gasteiger partial charge in [0.05, 0.1) is 6.61 Å². The number of benzene rings is 1. The van der Waals surface area contributed by atoms with Gasteiger partial charge in [-0.15, -0.1) is 0 Å². The second-order valence-corrected chi connectivity index (χ2v) is 2.87. The minimum absolute atomic E-state index is 0.105. The van der Waals surface area contributed by atoms with Gasteiger partial charge in [0.1, 0.15) is 5.75 Å². The summed E-state index contributed by atoms with van der Waals surface area (Å²) < 4.78 is 5.26. The van der Waals surface area contributed by atoms with E-state index in [2.05, 4.69) is 0 Å². The zero-order valence-electron chi connectivity index (χ0n) is 7.76. The van der Waals surface area contributed by atoms with Crippen LogP contribution in [-0.2, 0) is 0 Å². The van der Waals surface area contributed by atoms with E-state index in [9.17, 15) is 0 Å². The van der Waals surface area contributed by atoms with Gasteiger partial charge in [0.15, 0.2) is 0 Å². The first-order valence-corrected chi connectivity index (χ1v) is 4.44. The molecule has 0 amide bonds. The third kappa shape index (κ3) is 3.37. The molecule has 14 heavy (non-hydrogen) atoms. The molecule has 0 aromatic heterocycles. The first-order chi connectivity index (χ1) is 6.74. The van der Waals surface area contributed by atoms with E-state index < -0.39 is 7.12 Å². The Bertz CT molecular complexity index is 260. The number of ether oxygens (including phenoxy) is 1. The highest BCUT2D eigenvalue weighted by molar-refractivity contribution is 6.58. The maximum atomic E-state index is 8.81. The quantitative estimate of drug-likeness (QED) is 0.422. The van der Waals surface area contributed by atoms with Crippen LogP contribution in [0.4, 0.5) is 0 Å². The monoisotopic (exact) mass is 196 g/mol. The van der Waals surface area contributed by atoms with Crippen molar-refractivity contribution in [2.75, 3.05) is 13.2 Å². The van der Waals surface area contributed by atoms with Gasteiger partial charge in [0, 0.05) is 13.0 Å². The van der Waals surface area contributed by atoms with Gasteiger partial charge in [-0.2, -0.15) is 0 Å². The van der Waals surface area contributed by atoms with Gasteiger partial charge in [-0.1, -0.05) is 12.1 Å². The second kappa shape index (κ2) is 5.64. The minimum atomic E-state index is -1.44. The standard InChI is InChI=1S/C9H13BO4/c11-6-1-7-14-9-4-2-8(3-5-9)10(12)13/h2-5,11-13H,1,6-7H2. The summed E-state index contributed by atoms with van der Waals surface area (Å²) in [7, 11) is -1.44. The van der Waals surface area contributed by atoms with Crippen molar-refractivity contribution >= 4 is 12.6 Å². The van der Waals surface area contributed by atoms with Crippen molar-refractivity contribution < 1.29 is 19.9 Å². The fraction of sp³-hybridized carbons (Fsp3) is 0.333. The molecular weight excluding hydrogens is 183 g/mol. The molecule has 0 heterocycles. The van der Waals surface area contributed by atoms with E-state index in [1.807, 2.05) is 0 Å². The van der Waals surface area contributed by atoms with Crippen molar-refractivity contribution in [3.05, 3.63) is 24.3 Å². The SMILES string of the molecule is OCCCOc1ccc(B(O)O)cc1. The van der Waals surface area contributed by atoms with Crippen molar-refractivity contribution in [3.8, 4) is 5.75 Å². The lowest BCUT2D eigenvalue weighted by molar-refractivity contribution is 0.233.